The first-order chi connectivity index (χ1) is 9.19. The SMILES string of the molecule is Fc1cc2c(cc1Br)nc(CCl)n2CC1CCCS1. The molecule has 2 nitrogen and oxygen atoms in total. The lowest BCUT2D eigenvalue weighted by Crippen LogP contribution is -2.12. The zero-order chi connectivity index (χ0) is 13.4. The molecular weight excluding hydrogens is 351 g/mol. The highest BCUT2D eigenvalue weighted by Gasteiger charge is 2.20. The fourth-order valence-corrected chi connectivity index (χ4v) is 4.26. The minimum Gasteiger partial charge on any atom is -0.326 e. The second-order valence-electron chi connectivity index (χ2n) is 4.66. The van der Waals surface area contributed by atoms with Gasteiger partial charge in [-0.2, -0.15) is 11.8 Å². The Kier molecular flexibility index (Phi) is 4.06. The number of halogens is 3. The van der Waals surface area contributed by atoms with Gasteiger partial charge in [0.2, 0.25) is 0 Å². The van der Waals surface area contributed by atoms with Crippen molar-refractivity contribution in [3.05, 3.63) is 28.2 Å². The molecule has 1 unspecified atom stereocenters. The Labute approximate surface area is 128 Å². The zero-order valence-corrected chi connectivity index (χ0v) is 13.4. The van der Waals surface area contributed by atoms with E-state index in [2.05, 4.69) is 25.5 Å². The summed E-state index contributed by atoms with van der Waals surface area (Å²) in [6.45, 7) is 0.865. The number of benzene rings is 1. The van der Waals surface area contributed by atoms with Crippen molar-refractivity contribution >= 4 is 50.3 Å². The number of hydrogen-bond donors (Lipinski definition) is 0. The summed E-state index contributed by atoms with van der Waals surface area (Å²) in [7, 11) is 0. The van der Waals surface area contributed by atoms with E-state index in [-0.39, 0.29) is 5.82 Å². The molecule has 0 amide bonds. The van der Waals surface area contributed by atoms with Gasteiger partial charge in [-0.3, -0.25) is 0 Å². The van der Waals surface area contributed by atoms with Crippen molar-refractivity contribution in [3.8, 4) is 0 Å². The monoisotopic (exact) mass is 362 g/mol. The molecule has 0 saturated carbocycles. The Morgan fingerprint density at radius 3 is 3.05 bits per heavy atom. The summed E-state index contributed by atoms with van der Waals surface area (Å²) < 4.78 is 16.2. The molecule has 19 heavy (non-hydrogen) atoms. The summed E-state index contributed by atoms with van der Waals surface area (Å²) in [5.41, 5.74) is 1.63. The lowest BCUT2D eigenvalue weighted by molar-refractivity contribution is 0.615. The van der Waals surface area contributed by atoms with E-state index >= 15 is 0 Å². The molecule has 1 atom stereocenters. The lowest BCUT2D eigenvalue weighted by Gasteiger charge is -2.12. The summed E-state index contributed by atoms with van der Waals surface area (Å²) in [4.78, 5) is 4.50. The van der Waals surface area contributed by atoms with Gasteiger partial charge in [0.15, 0.2) is 0 Å². The Balaban J connectivity index is 2.06. The highest BCUT2D eigenvalue weighted by Crippen LogP contribution is 2.30. The zero-order valence-electron chi connectivity index (χ0n) is 10.2. The Bertz CT molecular complexity index is 610. The van der Waals surface area contributed by atoms with E-state index in [1.165, 1.54) is 18.6 Å². The first-order valence-corrected chi connectivity index (χ1v) is 8.58. The molecule has 3 rings (SSSR count). The number of nitrogens with zero attached hydrogens (tertiary/aromatic N) is 2. The maximum Gasteiger partial charge on any atom is 0.139 e. The van der Waals surface area contributed by atoms with Gasteiger partial charge in [0.25, 0.3) is 0 Å². The Hall–Kier alpha value is -0.260. The van der Waals surface area contributed by atoms with Gasteiger partial charge in [0.05, 0.1) is 21.4 Å². The van der Waals surface area contributed by atoms with Crippen LogP contribution in [-0.2, 0) is 12.4 Å². The van der Waals surface area contributed by atoms with Crippen molar-refractivity contribution in [2.24, 2.45) is 0 Å². The topological polar surface area (TPSA) is 17.8 Å². The van der Waals surface area contributed by atoms with E-state index in [4.69, 9.17) is 11.6 Å². The molecule has 0 radical (unpaired) electrons. The van der Waals surface area contributed by atoms with E-state index in [0.717, 1.165) is 23.4 Å². The third-order valence-electron chi connectivity index (χ3n) is 3.40. The lowest BCUT2D eigenvalue weighted by atomic mass is 10.2. The van der Waals surface area contributed by atoms with Gasteiger partial charge in [-0.1, -0.05) is 0 Å². The molecule has 1 aromatic heterocycles. The summed E-state index contributed by atoms with van der Waals surface area (Å²) in [6.07, 6.45) is 2.48. The first kappa shape index (κ1) is 13.7. The average Bonchev–Trinajstić information content (AvgIpc) is 3.00. The van der Waals surface area contributed by atoms with Crippen LogP contribution in [0.15, 0.2) is 16.6 Å². The predicted octanol–water partition coefficient (Wildman–Crippen LogP) is 4.57. The third kappa shape index (κ3) is 2.65. The van der Waals surface area contributed by atoms with Crippen LogP contribution in [0.5, 0.6) is 0 Å². The fraction of sp³-hybridized carbons (Fsp3) is 0.462. The van der Waals surface area contributed by atoms with E-state index in [0.29, 0.717) is 15.6 Å². The molecule has 1 saturated heterocycles. The van der Waals surface area contributed by atoms with Crippen LogP contribution in [0.3, 0.4) is 0 Å². The molecule has 1 fully saturated rings. The highest BCUT2D eigenvalue weighted by molar-refractivity contribution is 9.10. The van der Waals surface area contributed by atoms with Crippen LogP contribution in [0.2, 0.25) is 0 Å². The van der Waals surface area contributed by atoms with Crippen LogP contribution in [-0.4, -0.2) is 20.6 Å². The quantitative estimate of drug-likeness (QED) is 0.743. The molecule has 0 spiro atoms. The van der Waals surface area contributed by atoms with Crippen molar-refractivity contribution in [3.63, 3.8) is 0 Å². The highest BCUT2D eigenvalue weighted by atomic mass is 79.9. The van der Waals surface area contributed by atoms with Crippen molar-refractivity contribution in [1.29, 1.82) is 0 Å². The smallest absolute Gasteiger partial charge is 0.139 e. The number of hydrogen-bond acceptors (Lipinski definition) is 2. The predicted molar refractivity (Wildman–Crippen MR) is 82.4 cm³/mol. The molecular formula is C13H13BrClFN2S. The molecule has 1 aliphatic rings. The van der Waals surface area contributed by atoms with E-state index < -0.39 is 0 Å². The molecule has 1 aromatic carbocycles. The molecule has 2 heterocycles. The second kappa shape index (κ2) is 5.62. The standard InChI is InChI=1S/C13H13BrClFN2S/c14-9-4-11-12(5-10(9)16)18(13(6-15)17-11)7-8-2-1-3-19-8/h4-5,8H,1-3,6-7H2. The summed E-state index contributed by atoms with van der Waals surface area (Å²) >= 11 is 11.2. The average molecular weight is 364 g/mol. The number of thioether (sulfide) groups is 1. The fourth-order valence-electron chi connectivity index (χ4n) is 2.47. The summed E-state index contributed by atoms with van der Waals surface area (Å²) in [5, 5.41) is 0.589. The van der Waals surface area contributed by atoms with Crippen LogP contribution >= 0.6 is 39.3 Å². The number of rotatable bonds is 3. The Morgan fingerprint density at radius 1 is 1.53 bits per heavy atom. The van der Waals surface area contributed by atoms with Crippen molar-refractivity contribution in [1.82, 2.24) is 9.55 Å². The molecule has 0 aliphatic carbocycles. The molecule has 0 bridgehead atoms. The van der Waals surface area contributed by atoms with Crippen molar-refractivity contribution < 1.29 is 4.39 Å². The normalized spacial score (nSPS) is 19.4. The largest absolute Gasteiger partial charge is 0.326 e. The number of alkyl halides is 1. The van der Waals surface area contributed by atoms with Crippen LogP contribution in [0.4, 0.5) is 4.39 Å². The van der Waals surface area contributed by atoms with E-state index in [1.807, 2.05) is 11.8 Å². The van der Waals surface area contributed by atoms with Crippen molar-refractivity contribution in [2.75, 3.05) is 5.75 Å². The molecule has 2 aromatic rings. The van der Waals surface area contributed by atoms with Gasteiger partial charge in [0, 0.05) is 17.9 Å². The maximum absolute atomic E-state index is 13.7. The molecule has 6 heteroatoms. The maximum atomic E-state index is 13.7. The van der Waals surface area contributed by atoms with Gasteiger partial charge in [-0.15, -0.1) is 11.6 Å². The minimum atomic E-state index is -0.256. The first-order valence-electron chi connectivity index (χ1n) is 6.21. The molecule has 102 valence electrons. The van der Waals surface area contributed by atoms with Gasteiger partial charge in [-0.25, -0.2) is 9.37 Å². The number of aromatic nitrogens is 2. The van der Waals surface area contributed by atoms with Crippen LogP contribution in [0.1, 0.15) is 18.7 Å². The van der Waals surface area contributed by atoms with Gasteiger partial charge >= 0.3 is 0 Å². The Morgan fingerprint density at radius 2 is 2.37 bits per heavy atom. The number of fused-ring (bicyclic) bond motifs is 1. The van der Waals surface area contributed by atoms with Crippen LogP contribution in [0, 0.1) is 5.82 Å². The van der Waals surface area contributed by atoms with Crippen LogP contribution < -0.4 is 0 Å². The van der Waals surface area contributed by atoms with E-state index in [1.54, 1.807) is 12.1 Å². The second-order valence-corrected chi connectivity index (χ2v) is 7.19. The van der Waals surface area contributed by atoms with Crippen LogP contribution in [0.25, 0.3) is 11.0 Å². The third-order valence-corrected chi connectivity index (χ3v) is 5.63. The van der Waals surface area contributed by atoms with Gasteiger partial charge in [-0.05, 0) is 40.6 Å². The molecule has 0 N–H and O–H groups in total. The molecule has 1 aliphatic heterocycles. The minimum absolute atomic E-state index is 0.256. The van der Waals surface area contributed by atoms with Gasteiger partial charge < -0.3 is 4.57 Å². The summed E-state index contributed by atoms with van der Waals surface area (Å²) in [5.74, 6) is 2.13. The number of imidazole rings is 1. The van der Waals surface area contributed by atoms with Crippen molar-refractivity contribution in [2.45, 2.75) is 30.5 Å². The van der Waals surface area contributed by atoms with Gasteiger partial charge in [0.1, 0.15) is 11.6 Å². The summed E-state index contributed by atoms with van der Waals surface area (Å²) in [6, 6.07) is 3.26. The van der Waals surface area contributed by atoms with E-state index in [9.17, 15) is 4.39 Å².